The summed E-state index contributed by atoms with van der Waals surface area (Å²) in [5, 5.41) is 27.6. The van der Waals surface area contributed by atoms with Gasteiger partial charge in [0, 0.05) is 0 Å². The molecule has 0 aromatic carbocycles. The summed E-state index contributed by atoms with van der Waals surface area (Å²) in [4.78, 5) is 0. The zero-order chi connectivity index (χ0) is 15.8. The van der Waals surface area contributed by atoms with Crippen molar-refractivity contribution in [2.45, 2.75) is 78.3 Å². The molecule has 4 nitrogen and oxygen atoms in total. The molecule has 2 unspecified atom stereocenters. The van der Waals surface area contributed by atoms with Crippen LogP contribution in [0.2, 0.25) is 0 Å². The third kappa shape index (κ3) is 5.29. The van der Waals surface area contributed by atoms with E-state index in [2.05, 4.69) is 50.1 Å². The quantitative estimate of drug-likeness (QED) is 0.593. The van der Waals surface area contributed by atoms with E-state index in [0.29, 0.717) is 37.5 Å². The molecule has 0 N–H and O–H groups in total. The number of nitrogens with zero attached hydrogens (tertiary/aromatic N) is 4. The lowest BCUT2D eigenvalue weighted by Gasteiger charge is -2.25. The monoisotopic (exact) mass is 276 g/mol. The Kier molecular flexibility index (Phi) is 7.43. The molecule has 0 saturated carbocycles. The molecule has 4 heteroatoms. The van der Waals surface area contributed by atoms with Crippen LogP contribution in [0.3, 0.4) is 0 Å². The first-order valence-electron chi connectivity index (χ1n) is 7.55. The van der Waals surface area contributed by atoms with E-state index in [1.165, 1.54) is 0 Å². The van der Waals surface area contributed by atoms with Crippen LogP contribution in [-0.2, 0) is 0 Å². The topological polar surface area (TPSA) is 72.3 Å². The molecule has 0 heterocycles. The van der Waals surface area contributed by atoms with E-state index in [1.807, 2.05) is 13.8 Å². The highest BCUT2D eigenvalue weighted by molar-refractivity contribution is 5.10. The third-order valence-corrected chi connectivity index (χ3v) is 3.51. The number of hydrogen-bond donors (Lipinski definition) is 0. The molecular weight excluding hydrogens is 248 g/mol. The minimum absolute atomic E-state index is 0.372. The molecular formula is C16H28N4. The van der Waals surface area contributed by atoms with Crippen LogP contribution in [0.1, 0.15) is 67.2 Å². The molecule has 0 rings (SSSR count). The van der Waals surface area contributed by atoms with Gasteiger partial charge in [0.25, 0.3) is 0 Å². The smallest absolute Gasteiger partial charge is 0.167 e. The number of azo groups is 1. The van der Waals surface area contributed by atoms with Crippen molar-refractivity contribution in [3.8, 4) is 12.1 Å². The maximum atomic E-state index is 9.46. The second-order valence-electron chi connectivity index (χ2n) is 6.39. The summed E-state index contributed by atoms with van der Waals surface area (Å²) in [6.45, 7) is 12.2. The van der Waals surface area contributed by atoms with E-state index in [9.17, 15) is 10.5 Å². The molecule has 0 aliphatic heterocycles. The Morgan fingerprint density at radius 3 is 1.25 bits per heavy atom. The van der Waals surface area contributed by atoms with E-state index >= 15 is 0 Å². The van der Waals surface area contributed by atoms with Gasteiger partial charge in [-0.25, -0.2) is 0 Å². The minimum atomic E-state index is -0.789. The summed E-state index contributed by atoms with van der Waals surface area (Å²) in [6.07, 6.45) is 2.60. The molecule has 0 aromatic rings. The van der Waals surface area contributed by atoms with Gasteiger partial charge in [0.1, 0.15) is 0 Å². The van der Waals surface area contributed by atoms with Crippen LogP contribution in [0.15, 0.2) is 10.2 Å². The first kappa shape index (κ1) is 18.6. The van der Waals surface area contributed by atoms with Crippen molar-refractivity contribution in [2.75, 3.05) is 0 Å². The van der Waals surface area contributed by atoms with Gasteiger partial charge in [0.05, 0.1) is 12.1 Å². The minimum Gasteiger partial charge on any atom is -0.196 e. The molecule has 0 aliphatic carbocycles. The lowest BCUT2D eigenvalue weighted by molar-refractivity contribution is 0.345. The SMILES string of the molecule is CCC(C#N)(CC(C)C)N=NC(C#N)(CC)CC(C)C. The fraction of sp³-hybridized carbons (Fsp3) is 0.875. The van der Waals surface area contributed by atoms with Gasteiger partial charge in [-0.1, -0.05) is 41.5 Å². The Bertz CT molecular complexity index is 362. The lowest BCUT2D eigenvalue weighted by Crippen LogP contribution is -2.29. The van der Waals surface area contributed by atoms with Crippen LogP contribution in [-0.4, -0.2) is 11.1 Å². The van der Waals surface area contributed by atoms with Gasteiger partial charge >= 0.3 is 0 Å². The Morgan fingerprint density at radius 2 is 1.10 bits per heavy atom. The maximum Gasteiger partial charge on any atom is 0.167 e. The highest BCUT2D eigenvalue weighted by Crippen LogP contribution is 2.30. The third-order valence-electron chi connectivity index (χ3n) is 3.51. The normalized spacial score (nSPS) is 17.7. The van der Waals surface area contributed by atoms with Gasteiger partial charge in [0.2, 0.25) is 0 Å². The second-order valence-corrected chi connectivity index (χ2v) is 6.39. The zero-order valence-electron chi connectivity index (χ0n) is 13.8. The van der Waals surface area contributed by atoms with Crippen molar-refractivity contribution in [1.29, 1.82) is 10.5 Å². The molecule has 0 amide bonds. The summed E-state index contributed by atoms with van der Waals surface area (Å²) in [7, 11) is 0. The van der Waals surface area contributed by atoms with E-state index in [4.69, 9.17) is 0 Å². The maximum absolute atomic E-state index is 9.46. The summed E-state index contributed by atoms with van der Waals surface area (Å²) < 4.78 is 0. The van der Waals surface area contributed by atoms with Crippen LogP contribution < -0.4 is 0 Å². The van der Waals surface area contributed by atoms with Crippen LogP contribution in [0, 0.1) is 34.5 Å². The van der Waals surface area contributed by atoms with Crippen molar-refractivity contribution in [3.05, 3.63) is 0 Å². The van der Waals surface area contributed by atoms with E-state index in [0.717, 1.165) is 0 Å². The molecule has 2 atom stereocenters. The van der Waals surface area contributed by atoms with Crippen molar-refractivity contribution >= 4 is 0 Å². The molecule has 0 radical (unpaired) electrons. The first-order valence-corrected chi connectivity index (χ1v) is 7.55. The highest BCUT2D eigenvalue weighted by Gasteiger charge is 2.33. The largest absolute Gasteiger partial charge is 0.196 e. The standard InChI is InChI=1S/C16H28N4/c1-7-15(11-17,9-13(3)4)19-20-16(8-2,12-18)10-14(5)6/h13-14H,7-10H2,1-6H3. The summed E-state index contributed by atoms with van der Waals surface area (Å²) in [5.74, 6) is 0.744. The average Bonchev–Trinajstić information content (AvgIpc) is 2.41. The zero-order valence-corrected chi connectivity index (χ0v) is 13.8. The molecule has 0 aromatic heterocycles. The van der Waals surface area contributed by atoms with Crippen molar-refractivity contribution in [3.63, 3.8) is 0 Å². The van der Waals surface area contributed by atoms with Crippen molar-refractivity contribution in [1.82, 2.24) is 0 Å². The van der Waals surface area contributed by atoms with Crippen LogP contribution in [0.25, 0.3) is 0 Å². The lowest BCUT2D eigenvalue weighted by atomic mass is 9.87. The van der Waals surface area contributed by atoms with Gasteiger partial charge in [-0.05, 0) is 37.5 Å². The number of rotatable bonds is 8. The van der Waals surface area contributed by atoms with Crippen molar-refractivity contribution in [2.24, 2.45) is 22.1 Å². The van der Waals surface area contributed by atoms with E-state index in [1.54, 1.807) is 0 Å². The van der Waals surface area contributed by atoms with Crippen LogP contribution in [0.5, 0.6) is 0 Å². The fourth-order valence-corrected chi connectivity index (χ4v) is 2.35. The summed E-state index contributed by atoms with van der Waals surface area (Å²) >= 11 is 0. The van der Waals surface area contributed by atoms with Gasteiger partial charge < -0.3 is 0 Å². The van der Waals surface area contributed by atoms with E-state index < -0.39 is 11.1 Å². The van der Waals surface area contributed by atoms with Gasteiger partial charge in [0.15, 0.2) is 11.1 Å². The van der Waals surface area contributed by atoms with Gasteiger partial charge in [-0.2, -0.15) is 20.8 Å². The molecule has 0 aliphatic rings. The number of nitriles is 2. The first-order chi connectivity index (χ1) is 9.28. The predicted octanol–water partition coefficient (Wildman–Crippen LogP) is 4.88. The fourth-order valence-electron chi connectivity index (χ4n) is 2.35. The van der Waals surface area contributed by atoms with Gasteiger partial charge in [-0.15, -0.1) is 0 Å². The van der Waals surface area contributed by atoms with E-state index in [-0.39, 0.29) is 0 Å². The molecule has 0 spiro atoms. The van der Waals surface area contributed by atoms with Gasteiger partial charge in [-0.3, -0.25) is 0 Å². The highest BCUT2D eigenvalue weighted by atomic mass is 15.2. The molecule has 0 bridgehead atoms. The van der Waals surface area contributed by atoms with Crippen LogP contribution in [0.4, 0.5) is 0 Å². The predicted molar refractivity (Wildman–Crippen MR) is 81.0 cm³/mol. The van der Waals surface area contributed by atoms with Crippen molar-refractivity contribution < 1.29 is 0 Å². The Labute approximate surface area is 123 Å². The number of hydrogen-bond acceptors (Lipinski definition) is 4. The Morgan fingerprint density at radius 1 is 0.800 bits per heavy atom. The molecule has 0 saturated heterocycles. The Hall–Kier alpha value is -1.42. The Balaban J connectivity index is 5.37. The molecule has 0 fully saturated rings. The average molecular weight is 276 g/mol. The molecule has 20 heavy (non-hydrogen) atoms. The second kappa shape index (κ2) is 8.00. The molecule has 112 valence electrons. The summed E-state index contributed by atoms with van der Waals surface area (Å²) in [6, 6.07) is 4.60. The van der Waals surface area contributed by atoms with Crippen LogP contribution >= 0.6 is 0 Å². The summed E-state index contributed by atoms with van der Waals surface area (Å²) in [5.41, 5.74) is -1.58.